The molecule has 2 saturated heterocycles. The Morgan fingerprint density at radius 2 is 1.81 bits per heavy atom. The number of rotatable bonds is 8. The van der Waals surface area contributed by atoms with E-state index in [1.54, 1.807) is 7.11 Å². The minimum Gasteiger partial charge on any atom is -0.382 e. The molecular formula is C31H38N2O4. The molecule has 2 atom stereocenters. The number of likely N-dealkylation sites (tertiary alicyclic amines) is 1. The van der Waals surface area contributed by atoms with E-state index >= 15 is 0 Å². The third-order valence-corrected chi connectivity index (χ3v) is 8.24. The number of carbonyl (C=O) groups is 1. The van der Waals surface area contributed by atoms with E-state index in [9.17, 15) is 4.79 Å². The van der Waals surface area contributed by atoms with Gasteiger partial charge in [-0.2, -0.15) is 0 Å². The number of carbonyl (C=O) groups excluding carboxylic acids is 1. The molecule has 3 heterocycles. The third kappa shape index (κ3) is 5.42. The summed E-state index contributed by atoms with van der Waals surface area (Å²) in [6.45, 7) is 7.52. The molecule has 0 N–H and O–H groups in total. The van der Waals surface area contributed by atoms with Gasteiger partial charge in [0.1, 0.15) is 6.10 Å². The number of pyridine rings is 1. The van der Waals surface area contributed by atoms with Crippen LogP contribution in [0.1, 0.15) is 43.9 Å². The van der Waals surface area contributed by atoms with Crippen LogP contribution in [0.15, 0.2) is 54.7 Å². The molecule has 2 aliphatic heterocycles. The summed E-state index contributed by atoms with van der Waals surface area (Å²) in [7, 11) is 1.70. The first-order valence-electron chi connectivity index (χ1n) is 13.5. The van der Waals surface area contributed by atoms with Gasteiger partial charge >= 0.3 is 0 Å². The number of piperidine rings is 1. The van der Waals surface area contributed by atoms with E-state index < -0.39 is 5.60 Å². The zero-order valence-electron chi connectivity index (χ0n) is 22.2. The lowest BCUT2D eigenvalue weighted by atomic mass is 9.76. The van der Waals surface area contributed by atoms with E-state index in [4.69, 9.17) is 14.2 Å². The van der Waals surface area contributed by atoms with Gasteiger partial charge < -0.3 is 19.1 Å². The molecular weight excluding hydrogens is 464 g/mol. The van der Waals surface area contributed by atoms with Gasteiger partial charge in [0, 0.05) is 44.1 Å². The molecule has 2 fully saturated rings. The van der Waals surface area contributed by atoms with Crippen molar-refractivity contribution in [2.24, 2.45) is 5.92 Å². The van der Waals surface area contributed by atoms with Crippen LogP contribution in [0.25, 0.3) is 21.9 Å². The molecule has 1 aromatic heterocycles. The Morgan fingerprint density at radius 1 is 1.05 bits per heavy atom. The van der Waals surface area contributed by atoms with Crippen molar-refractivity contribution >= 4 is 16.7 Å². The number of fused-ring (bicyclic) bond motifs is 1. The van der Waals surface area contributed by atoms with Gasteiger partial charge in [0.25, 0.3) is 5.91 Å². The molecule has 5 rings (SSSR count). The molecule has 1 amide bonds. The molecule has 0 radical (unpaired) electrons. The summed E-state index contributed by atoms with van der Waals surface area (Å²) >= 11 is 0. The van der Waals surface area contributed by atoms with E-state index in [0.717, 1.165) is 50.0 Å². The number of aromatic nitrogens is 1. The average molecular weight is 503 g/mol. The van der Waals surface area contributed by atoms with Gasteiger partial charge in [-0.3, -0.25) is 9.78 Å². The monoisotopic (exact) mass is 502 g/mol. The maximum Gasteiger partial charge on any atom is 0.251 e. The first-order valence-corrected chi connectivity index (χ1v) is 13.5. The Bertz CT molecular complexity index is 1210. The van der Waals surface area contributed by atoms with Crippen molar-refractivity contribution < 1.29 is 19.0 Å². The zero-order chi connectivity index (χ0) is 25.8. The summed E-state index contributed by atoms with van der Waals surface area (Å²) in [5.74, 6) is 0.462. The van der Waals surface area contributed by atoms with Gasteiger partial charge in [0.05, 0.1) is 18.8 Å². The highest BCUT2D eigenvalue weighted by atomic mass is 16.5. The predicted molar refractivity (Wildman–Crippen MR) is 145 cm³/mol. The number of amides is 1. The van der Waals surface area contributed by atoms with Crippen LogP contribution >= 0.6 is 0 Å². The highest BCUT2D eigenvalue weighted by Gasteiger charge is 2.40. The molecule has 2 aromatic carbocycles. The number of hydrogen-bond acceptors (Lipinski definition) is 5. The fraction of sp³-hybridized carbons (Fsp3) is 0.484. The molecule has 6 nitrogen and oxygen atoms in total. The van der Waals surface area contributed by atoms with Crippen molar-refractivity contribution in [2.45, 2.75) is 51.2 Å². The van der Waals surface area contributed by atoms with Crippen molar-refractivity contribution in [3.8, 4) is 11.1 Å². The minimum atomic E-state index is -0.456. The highest BCUT2D eigenvalue weighted by Crippen LogP contribution is 2.40. The number of methoxy groups -OCH3 is 1. The van der Waals surface area contributed by atoms with Gasteiger partial charge in [-0.25, -0.2) is 0 Å². The summed E-state index contributed by atoms with van der Waals surface area (Å²) < 4.78 is 17.5. The molecule has 0 aliphatic carbocycles. The van der Waals surface area contributed by atoms with Gasteiger partial charge in [0.2, 0.25) is 0 Å². The number of benzene rings is 2. The lowest BCUT2D eigenvalue weighted by molar-refractivity contribution is -0.146. The Labute approximate surface area is 219 Å². The summed E-state index contributed by atoms with van der Waals surface area (Å²) in [5.41, 5.74) is 4.12. The topological polar surface area (TPSA) is 60.9 Å². The Kier molecular flexibility index (Phi) is 7.89. The van der Waals surface area contributed by atoms with Crippen LogP contribution in [-0.2, 0) is 24.6 Å². The van der Waals surface area contributed by atoms with Gasteiger partial charge in [-0.15, -0.1) is 0 Å². The van der Waals surface area contributed by atoms with E-state index in [0.29, 0.717) is 25.7 Å². The van der Waals surface area contributed by atoms with Gasteiger partial charge in [-0.05, 0) is 79.7 Å². The highest BCUT2D eigenvalue weighted by molar-refractivity contribution is 5.88. The van der Waals surface area contributed by atoms with Crippen LogP contribution in [0, 0.1) is 12.8 Å². The lowest BCUT2D eigenvalue weighted by Crippen LogP contribution is -2.48. The Morgan fingerprint density at radius 3 is 2.51 bits per heavy atom. The second kappa shape index (κ2) is 11.3. The first kappa shape index (κ1) is 25.8. The molecule has 2 aliphatic rings. The molecule has 1 unspecified atom stereocenters. The maximum atomic E-state index is 12.9. The third-order valence-electron chi connectivity index (χ3n) is 8.24. The molecule has 196 valence electrons. The molecule has 0 spiro atoms. The van der Waals surface area contributed by atoms with Crippen molar-refractivity contribution in [1.82, 2.24) is 9.88 Å². The smallest absolute Gasteiger partial charge is 0.251 e. The largest absolute Gasteiger partial charge is 0.382 e. The number of nitrogens with zero attached hydrogens (tertiary/aromatic N) is 2. The zero-order valence-corrected chi connectivity index (χ0v) is 22.2. The van der Waals surface area contributed by atoms with Crippen LogP contribution in [-0.4, -0.2) is 61.9 Å². The predicted octanol–water partition coefficient (Wildman–Crippen LogP) is 5.51. The average Bonchev–Trinajstić information content (AvgIpc) is 3.48. The minimum absolute atomic E-state index is 0.156. The van der Waals surface area contributed by atoms with Crippen LogP contribution in [0.4, 0.5) is 0 Å². The Hall–Kier alpha value is -2.80. The number of aryl methyl sites for hydroxylation is 1. The second-order valence-corrected chi connectivity index (χ2v) is 10.5. The van der Waals surface area contributed by atoms with Gasteiger partial charge in [-0.1, -0.05) is 36.4 Å². The van der Waals surface area contributed by atoms with E-state index in [1.807, 2.05) is 18.0 Å². The number of hydrogen-bond donors (Lipinski definition) is 0. The van der Waals surface area contributed by atoms with Crippen LogP contribution < -0.4 is 0 Å². The summed E-state index contributed by atoms with van der Waals surface area (Å²) in [6, 6.07) is 17.4. The van der Waals surface area contributed by atoms with E-state index in [2.05, 4.69) is 60.4 Å². The fourth-order valence-electron chi connectivity index (χ4n) is 5.90. The summed E-state index contributed by atoms with van der Waals surface area (Å²) in [4.78, 5) is 19.3. The number of ether oxygens (including phenoxy) is 3. The molecule has 3 aromatic rings. The van der Waals surface area contributed by atoms with Crippen molar-refractivity contribution in [3.05, 3.63) is 66.0 Å². The molecule has 6 heteroatoms. The van der Waals surface area contributed by atoms with Crippen LogP contribution in [0.2, 0.25) is 0 Å². The molecule has 0 saturated carbocycles. The van der Waals surface area contributed by atoms with Crippen molar-refractivity contribution in [3.63, 3.8) is 0 Å². The van der Waals surface area contributed by atoms with Crippen LogP contribution in [0.5, 0.6) is 0 Å². The maximum absolute atomic E-state index is 12.9. The summed E-state index contributed by atoms with van der Waals surface area (Å²) in [5, 5.41) is 2.39. The van der Waals surface area contributed by atoms with Crippen molar-refractivity contribution in [1.29, 1.82) is 0 Å². The fourth-order valence-corrected chi connectivity index (χ4v) is 5.90. The summed E-state index contributed by atoms with van der Waals surface area (Å²) in [6.07, 6.45) is 5.25. The van der Waals surface area contributed by atoms with Gasteiger partial charge in [0.15, 0.2) is 0 Å². The van der Waals surface area contributed by atoms with Crippen LogP contribution in [0.3, 0.4) is 0 Å². The standard InChI is InChI=1S/C31H38N2O4/c1-22-28-11-8-24(21-25(28)12-15-32-22)23-6-9-26(10-7-23)31(2,37-20-19-35-3)27-13-16-33(17-14-27)30(34)29-5-4-18-36-29/h6-12,15,21,27,29H,4-5,13-14,16-20H2,1-3H3/t29-,31?/m1/s1. The SMILES string of the molecule is COCCOC(C)(c1ccc(-c2ccc3c(C)nccc3c2)cc1)C1CCN(C(=O)[C@H]2CCCO2)CC1. The quantitative estimate of drug-likeness (QED) is 0.380. The van der Waals surface area contributed by atoms with E-state index in [-0.39, 0.29) is 12.0 Å². The normalized spacial score (nSPS) is 20.3. The first-order chi connectivity index (χ1) is 18.0. The lowest BCUT2D eigenvalue weighted by Gasteiger charge is -2.43. The van der Waals surface area contributed by atoms with Crippen molar-refractivity contribution in [2.75, 3.05) is 40.0 Å². The Balaban J connectivity index is 1.34. The molecule has 37 heavy (non-hydrogen) atoms. The van der Waals surface area contributed by atoms with E-state index in [1.165, 1.54) is 21.9 Å². The second-order valence-electron chi connectivity index (χ2n) is 10.5. The molecule has 0 bridgehead atoms.